The monoisotopic (exact) mass is 239 g/mol. The Hall–Kier alpha value is -0.660. The molecular formula is C12H11Cl2N. The number of hydrogen-bond donors (Lipinski definition) is 1. The summed E-state index contributed by atoms with van der Waals surface area (Å²) in [7, 11) is 0. The molecule has 3 rings (SSSR count). The Bertz CT molecular complexity index is 528. The molecule has 15 heavy (non-hydrogen) atoms. The molecule has 78 valence electrons. The molecule has 1 aromatic carbocycles. The smallest absolute Gasteiger partial charge is 0.0662 e. The van der Waals surface area contributed by atoms with Crippen molar-refractivity contribution >= 4 is 34.1 Å². The molecule has 1 aliphatic rings. The maximum Gasteiger partial charge on any atom is 0.0662 e. The maximum atomic E-state index is 6.17. The van der Waals surface area contributed by atoms with Crippen molar-refractivity contribution in [2.24, 2.45) is 0 Å². The van der Waals surface area contributed by atoms with E-state index in [1.165, 1.54) is 29.5 Å². The Balaban J connectivity index is 2.37. The third kappa shape index (κ3) is 1.45. The van der Waals surface area contributed by atoms with Gasteiger partial charge in [-0.2, -0.15) is 0 Å². The van der Waals surface area contributed by atoms with Gasteiger partial charge < -0.3 is 4.98 Å². The Morgan fingerprint density at radius 1 is 1.07 bits per heavy atom. The van der Waals surface area contributed by atoms with Crippen LogP contribution < -0.4 is 0 Å². The highest BCUT2D eigenvalue weighted by Gasteiger charge is 2.16. The summed E-state index contributed by atoms with van der Waals surface area (Å²) in [6.45, 7) is 0. The quantitative estimate of drug-likeness (QED) is 0.704. The highest BCUT2D eigenvalue weighted by Crippen LogP contribution is 2.34. The largest absolute Gasteiger partial charge is 0.357 e. The number of aromatic amines is 1. The summed E-state index contributed by atoms with van der Waals surface area (Å²) in [4.78, 5) is 3.42. The highest BCUT2D eigenvalue weighted by atomic mass is 35.5. The summed E-state index contributed by atoms with van der Waals surface area (Å²) in [5.41, 5.74) is 3.81. The molecule has 0 saturated heterocycles. The second-order valence-electron chi connectivity index (χ2n) is 4.10. The van der Waals surface area contributed by atoms with E-state index < -0.39 is 0 Å². The lowest BCUT2D eigenvalue weighted by Gasteiger charge is -2.10. The van der Waals surface area contributed by atoms with Gasteiger partial charge in [-0.3, -0.25) is 0 Å². The lowest BCUT2D eigenvalue weighted by atomic mass is 9.96. The number of nitrogens with one attached hydrogen (secondary N) is 1. The van der Waals surface area contributed by atoms with Gasteiger partial charge in [-0.05, 0) is 43.4 Å². The van der Waals surface area contributed by atoms with Crippen molar-refractivity contribution in [2.75, 3.05) is 0 Å². The molecule has 1 nitrogen and oxygen atoms in total. The first-order chi connectivity index (χ1) is 7.25. The van der Waals surface area contributed by atoms with E-state index in [-0.39, 0.29) is 0 Å². The highest BCUT2D eigenvalue weighted by molar-refractivity contribution is 6.38. The first kappa shape index (κ1) is 9.56. The first-order valence-electron chi connectivity index (χ1n) is 5.24. The van der Waals surface area contributed by atoms with Crippen LogP contribution in [0.3, 0.4) is 0 Å². The van der Waals surface area contributed by atoms with Crippen LogP contribution in [0.15, 0.2) is 12.1 Å². The summed E-state index contributed by atoms with van der Waals surface area (Å²) in [5, 5.41) is 2.66. The van der Waals surface area contributed by atoms with Crippen LogP contribution in [-0.4, -0.2) is 4.98 Å². The van der Waals surface area contributed by atoms with Crippen LogP contribution in [0.2, 0.25) is 10.0 Å². The fourth-order valence-electron chi connectivity index (χ4n) is 2.43. The molecule has 0 unspecified atom stereocenters. The minimum Gasteiger partial charge on any atom is -0.357 e. The minimum atomic E-state index is 0.722. The van der Waals surface area contributed by atoms with E-state index in [2.05, 4.69) is 4.98 Å². The molecular weight excluding hydrogens is 229 g/mol. The van der Waals surface area contributed by atoms with Crippen molar-refractivity contribution in [3.63, 3.8) is 0 Å². The number of halogens is 2. The zero-order valence-electron chi connectivity index (χ0n) is 8.24. The SMILES string of the molecule is Clc1cc(Cl)c2[nH]c3c(c2c1)CCCC3. The number of rotatable bonds is 0. The minimum absolute atomic E-state index is 0.722. The van der Waals surface area contributed by atoms with Crippen molar-refractivity contribution in [2.45, 2.75) is 25.7 Å². The first-order valence-corrected chi connectivity index (χ1v) is 6.00. The molecule has 1 aromatic heterocycles. The van der Waals surface area contributed by atoms with Crippen molar-refractivity contribution in [1.29, 1.82) is 0 Å². The molecule has 0 atom stereocenters. The van der Waals surface area contributed by atoms with Gasteiger partial charge in [-0.1, -0.05) is 23.2 Å². The normalized spacial score (nSPS) is 15.6. The zero-order chi connectivity index (χ0) is 10.4. The standard InChI is InChI=1S/C12H11Cl2N/c13-7-5-9-8-3-1-2-4-11(8)15-12(9)10(14)6-7/h5-6,15H,1-4H2. The second kappa shape index (κ2) is 3.43. The van der Waals surface area contributed by atoms with Crippen LogP contribution in [0.1, 0.15) is 24.1 Å². The summed E-state index contributed by atoms with van der Waals surface area (Å²) < 4.78 is 0. The van der Waals surface area contributed by atoms with Crippen LogP contribution in [0.25, 0.3) is 10.9 Å². The molecule has 1 aliphatic carbocycles. The topological polar surface area (TPSA) is 15.8 Å². The second-order valence-corrected chi connectivity index (χ2v) is 4.94. The Morgan fingerprint density at radius 3 is 2.73 bits per heavy atom. The third-order valence-electron chi connectivity index (χ3n) is 3.12. The average molecular weight is 240 g/mol. The number of hydrogen-bond acceptors (Lipinski definition) is 0. The van der Waals surface area contributed by atoms with Crippen molar-refractivity contribution < 1.29 is 0 Å². The number of H-pyrrole nitrogens is 1. The van der Waals surface area contributed by atoms with Crippen LogP contribution in [-0.2, 0) is 12.8 Å². The van der Waals surface area contributed by atoms with Gasteiger partial charge in [-0.25, -0.2) is 0 Å². The van der Waals surface area contributed by atoms with Gasteiger partial charge in [0.15, 0.2) is 0 Å². The van der Waals surface area contributed by atoms with Crippen molar-refractivity contribution in [1.82, 2.24) is 4.98 Å². The predicted molar refractivity (Wildman–Crippen MR) is 65.0 cm³/mol. The number of benzene rings is 1. The summed E-state index contributed by atoms with van der Waals surface area (Å²) >= 11 is 12.2. The number of aromatic nitrogens is 1. The maximum absolute atomic E-state index is 6.17. The Kier molecular flexibility index (Phi) is 2.18. The van der Waals surface area contributed by atoms with Gasteiger partial charge in [0.2, 0.25) is 0 Å². The summed E-state index contributed by atoms with van der Waals surface area (Å²) in [6, 6.07) is 3.82. The molecule has 1 N–H and O–H groups in total. The van der Waals surface area contributed by atoms with E-state index >= 15 is 0 Å². The molecule has 0 amide bonds. The Labute approximate surface area is 98.4 Å². The van der Waals surface area contributed by atoms with Crippen LogP contribution >= 0.6 is 23.2 Å². The molecule has 3 heteroatoms. The van der Waals surface area contributed by atoms with E-state index in [9.17, 15) is 0 Å². The van der Waals surface area contributed by atoms with Gasteiger partial charge in [0.1, 0.15) is 0 Å². The molecule has 0 spiro atoms. The van der Waals surface area contributed by atoms with Gasteiger partial charge in [0.25, 0.3) is 0 Å². The van der Waals surface area contributed by atoms with Crippen LogP contribution in [0.5, 0.6) is 0 Å². The average Bonchev–Trinajstić information content (AvgIpc) is 2.57. The van der Waals surface area contributed by atoms with E-state index in [1.807, 2.05) is 6.07 Å². The van der Waals surface area contributed by atoms with Gasteiger partial charge in [-0.15, -0.1) is 0 Å². The molecule has 0 fully saturated rings. The van der Waals surface area contributed by atoms with Gasteiger partial charge >= 0.3 is 0 Å². The van der Waals surface area contributed by atoms with Crippen molar-refractivity contribution in [3.8, 4) is 0 Å². The molecule has 0 saturated carbocycles. The van der Waals surface area contributed by atoms with Crippen LogP contribution in [0, 0.1) is 0 Å². The molecule has 0 radical (unpaired) electrons. The summed E-state index contributed by atoms with van der Waals surface area (Å²) in [5.74, 6) is 0. The Morgan fingerprint density at radius 2 is 1.87 bits per heavy atom. The van der Waals surface area contributed by atoms with E-state index in [0.29, 0.717) is 0 Å². The fourth-order valence-corrected chi connectivity index (χ4v) is 2.97. The van der Waals surface area contributed by atoms with E-state index in [1.54, 1.807) is 6.07 Å². The van der Waals surface area contributed by atoms with E-state index in [4.69, 9.17) is 23.2 Å². The van der Waals surface area contributed by atoms with Gasteiger partial charge in [0.05, 0.1) is 10.5 Å². The third-order valence-corrected chi connectivity index (χ3v) is 3.64. The van der Waals surface area contributed by atoms with Crippen molar-refractivity contribution in [3.05, 3.63) is 33.4 Å². The number of fused-ring (bicyclic) bond motifs is 3. The van der Waals surface area contributed by atoms with E-state index in [0.717, 1.165) is 28.4 Å². The molecule has 1 heterocycles. The predicted octanol–water partition coefficient (Wildman–Crippen LogP) is 4.35. The molecule has 0 aliphatic heterocycles. The lowest BCUT2D eigenvalue weighted by molar-refractivity contribution is 0.680. The fraction of sp³-hybridized carbons (Fsp3) is 0.333. The molecule has 2 aromatic rings. The zero-order valence-corrected chi connectivity index (χ0v) is 9.75. The van der Waals surface area contributed by atoms with Gasteiger partial charge in [0, 0.05) is 16.1 Å². The lowest BCUT2D eigenvalue weighted by Crippen LogP contribution is -1.99. The molecule has 0 bridgehead atoms. The van der Waals surface area contributed by atoms with Crippen LogP contribution in [0.4, 0.5) is 0 Å². The summed E-state index contributed by atoms with van der Waals surface area (Å²) in [6.07, 6.45) is 4.82. The number of aryl methyl sites for hydroxylation is 2.